The second kappa shape index (κ2) is 3.81. The van der Waals surface area contributed by atoms with E-state index in [2.05, 4.69) is 32.5 Å². The van der Waals surface area contributed by atoms with Gasteiger partial charge in [-0.2, -0.15) is 11.8 Å². The highest BCUT2D eigenvalue weighted by Crippen LogP contribution is 2.32. The first-order chi connectivity index (χ1) is 5.08. The molecule has 0 N–H and O–H groups in total. The van der Waals surface area contributed by atoms with Gasteiger partial charge in [0.05, 0.1) is 0 Å². The van der Waals surface area contributed by atoms with Gasteiger partial charge in [0.2, 0.25) is 0 Å². The molecule has 0 aromatic rings. The fraction of sp³-hybridized carbons (Fsp3) is 1.00. The average Bonchev–Trinajstić information content (AvgIpc) is 1.85. The van der Waals surface area contributed by atoms with Crippen LogP contribution in [-0.4, -0.2) is 23.2 Å². The van der Waals surface area contributed by atoms with Gasteiger partial charge >= 0.3 is 0 Å². The number of hydrogen-bond donors (Lipinski definition) is 0. The molecule has 0 bridgehead atoms. The minimum absolute atomic E-state index is 0.419. The van der Waals surface area contributed by atoms with Crippen molar-refractivity contribution in [2.75, 3.05) is 13.2 Å². The lowest BCUT2D eigenvalue weighted by Crippen LogP contribution is -2.22. The summed E-state index contributed by atoms with van der Waals surface area (Å²) >= 11 is 2.10. The van der Waals surface area contributed by atoms with E-state index in [0.29, 0.717) is 4.75 Å². The molecule has 0 aliphatic carbocycles. The van der Waals surface area contributed by atoms with Gasteiger partial charge in [-0.1, -0.05) is 20.8 Å². The topological polar surface area (TPSA) is 9.23 Å². The fourth-order valence-corrected chi connectivity index (χ4v) is 2.72. The highest BCUT2D eigenvalue weighted by atomic mass is 32.2. The largest absolute Gasteiger partial charge is 0.381 e. The minimum Gasteiger partial charge on any atom is -0.381 e. The van der Waals surface area contributed by atoms with E-state index in [1.807, 2.05) is 0 Å². The number of hydrogen-bond acceptors (Lipinski definition) is 2. The molecule has 2 heteroatoms. The first kappa shape index (κ1) is 9.40. The molecule has 0 aromatic carbocycles. The summed E-state index contributed by atoms with van der Waals surface area (Å²) in [5, 5.41) is 0.837. The van der Waals surface area contributed by atoms with Gasteiger partial charge in [0.1, 0.15) is 0 Å². The second-order valence-electron chi connectivity index (χ2n) is 4.04. The summed E-state index contributed by atoms with van der Waals surface area (Å²) in [4.78, 5) is 0. The Morgan fingerprint density at radius 1 is 1.18 bits per heavy atom. The second-order valence-corrected chi connectivity index (χ2v) is 6.17. The third kappa shape index (κ3) is 4.02. The monoisotopic (exact) mass is 174 g/mol. The van der Waals surface area contributed by atoms with E-state index < -0.39 is 0 Å². The third-order valence-electron chi connectivity index (χ3n) is 1.69. The first-order valence-corrected chi connectivity index (χ1v) is 5.21. The van der Waals surface area contributed by atoms with E-state index >= 15 is 0 Å². The predicted molar refractivity (Wildman–Crippen MR) is 51.2 cm³/mol. The van der Waals surface area contributed by atoms with Crippen molar-refractivity contribution in [2.24, 2.45) is 0 Å². The van der Waals surface area contributed by atoms with Gasteiger partial charge in [-0.05, 0) is 12.8 Å². The lowest BCUT2D eigenvalue weighted by atomic mass is 10.2. The molecule has 66 valence electrons. The lowest BCUT2D eigenvalue weighted by Gasteiger charge is -2.28. The summed E-state index contributed by atoms with van der Waals surface area (Å²) in [6.45, 7) is 8.79. The highest BCUT2D eigenvalue weighted by Gasteiger charge is 2.20. The van der Waals surface area contributed by atoms with Crippen molar-refractivity contribution >= 4 is 11.8 Å². The van der Waals surface area contributed by atoms with Crippen LogP contribution in [0.5, 0.6) is 0 Å². The molecular weight excluding hydrogens is 156 g/mol. The molecule has 1 saturated heterocycles. The van der Waals surface area contributed by atoms with Crippen LogP contribution in [0.3, 0.4) is 0 Å². The first-order valence-electron chi connectivity index (χ1n) is 4.33. The maximum atomic E-state index is 5.30. The molecule has 1 nitrogen and oxygen atoms in total. The zero-order valence-corrected chi connectivity index (χ0v) is 8.54. The molecule has 1 aliphatic heterocycles. The van der Waals surface area contributed by atoms with Gasteiger partial charge in [-0.15, -0.1) is 0 Å². The molecule has 0 saturated carbocycles. The predicted octanol–water partition coefficient (Wildman–Crippen LogP) is 2.70. The van der Waals surface area contributed by atoms with Crippen molar-refractivity contribution in [1.29, 1.82) is 0 Å². The SMILES string of the molecule is CC(C)(C)SC1CCOCC1. The van der Waals surface area contributed by atoms with Crippen molar-refractivity contribution in [2.45, 2.75) is 43.6 Å². The van der Waals surface area contributed by atoms with Crippen LogP contribution in [0.25, 0.3) is 0 Å². The Morgan fingerprint density at radius 3 is 2.18 bits per heavy atom. The molecule has 11 heavy (non-hydrogen) atoms. The summed E-state index contributed by atoms with van der Waals surface area (Å²) in [6, 6.07) is 0. The maximum absolute atomic E-state index is 5.30. The van der Waals surface area contributed by atoms with E-state index in [4.69, 9.17) is 4.74 Å². The quantitative estimate of drug-likeness (QED) is 0.604. The number of thioether (sulfide) groups is 1. The smallest absolute Gasteiger partial charge is 0.0476 e. The third-order valence-corrected chi connectivity index (χ3v) is 3.20. The molecule has 1 rings (SSSR count). The Morgan fingerprint density at radius 2 is 1.73 bits per heavy atom. The van der Waals surface area contributed by atoms with Crippen LogP contribution in [0.1, 0.15) is 33.6 Å². The highest BCUT2D eigenvalue weighted by molar-refractivity contribution is 8.01. The summed E-state index contributed by atoms with van der Waals surface area (Å²) in [6.07, 6.45) is 2.48. The van der Waals surface area contributed by atoms with E-state index in [1.165, 1.54) is 12.8 Å². The Labute approximate surface area is 73.9 Å². The standard InChI is InChI=1S/C9H18OS/c1-9(2,3)11-8-4-6-10-7-5-8/h8H,4-7H2,1-3H3. The van der Waals surface area contributed by atoms with Gasteiger partial charge in [0.25, 0.3) is 0 Å². The average molecular weight is 174 g/mol. The van der Waals surface area contributed by atoms with E-state index in [-0.39, 0.29) is 0 Å². The molecule has 0 aromatic heterocycles. The van der Waals surface area contributed by atoms with Crippen LogP contribution < -0.4 is 0 Å². The van der Waals surface area contributed by atoms with Gasteiger partial charge in [0.15, 0.2) is 0 Å². The van der Waals surface area contributed by atoms with Gasteiger partial charge in [-0.3, -0.25) is 0 Å². The maximum Gasteiger partial charge on any atom is 0.0476 e. The van der Waals surface area contributed by atoms with Crippen LogP contribution in [0.4, 0.5) is 0 Å². The van der Waals surface area contributed by atoms with Crippen molar-refractivity contribution in [3.8, 4) is 0 Å². The van der Waals surface area contributed by atoms with Gasteiger partial charge in [0, 0.05) is 23.2 Å². The molecule has 1 aliphatic rings. The molecule has 0 radical (unpaired) electrons. The number of rotatable bonds is 1. The molecule has 0 unspecified atom stereocenters. The van der Waals surface area contributed by atoms with Crippen molar-refractivity contribution in [3.63, 3.8) is 0 Å². The minimum atomic E-state index is 0.419. The Hall–Kier alpha value is 0.310. The molecule has 1 fully saturated rings. The zero-order chi connectivity index (χ0) is 8.32. The van der Waals surface area contributed by atoms with Crippen LogP contribution in [0.2, 0.25) is 0 Å². The van der Waals surface area contributed by atoms with Crippen molar-refractivity contribution in [1.82, 2.24) is 0 Å². The normalized spacial score (nSPS) is 22.1. The fourth-order valence-electron chi connectivity index (χ4n) is 1.29. The molecule has 1 heterocycles. The Bertz CT molecular complexity index is 111. The van der Waals surface area contributed by atoms with Crippen LogP contribution in [-0.2, 0) is 4.74 Å². The summed E-state index contributed by atoms with van der Waals surface area (Å²) in [5.74, 6) is 0. The van der Waals surface area contributed by atoms with E-state index in [0.717, 1.165) is 18.5 Å². The lowest BCUT2D eigenvalue weighted by molar-refractivity contribution is 0.0998. The molecular formula is C9H18OS. The van der Waals surface area contributed by atoms with Crippen molar-refractivity contribution < 1.29 is 4.74 Å². The Kier molecular flexibility index (Phi) is 3.26. The summed E-state index contributed by atoms with van der Waals surface area (Å²) in [7, 11) is 0. The summed E-state index contributed by atoms with van der Waals surface area (Å²) < 4.78 is 5.72. The number of ether oxygens (including phenoxy) is 1. The van der Waals surface area contributed by atoms with E-state index in [9.17, 15) is 0 Å². The van der Waals surface area contributed by atoms with E-state index in [1.54, 1.807) is 0 Å². The molecule has 0 spiro atoms. The van der Waals surface area contributed by atoms with Gasteiger partial charge < -0.3 is 4.74 Å². The zero-order valence-electron chi connectivity index (χ0n) is 7.72. The summed E-state index contributed by atoms with van der Waals surface area (Å²) in [5.41, 5.74) is 0. The van der Waals surface area contributed by atoms with Gasteiger partial charge in [-0.25, -0.2) is 0 Å². The van der Waals surface area contributed by atoms with Crippen LogP contribution >= 0.6 is 11.8 Å². The Balaban J connectivity index is 2.24. The van der Waals surface area contributed by atoms with Crippen molar-refractivity contribution in [3.05, 3.63) is 0 Å². The van der Waals surface area contributed by atoms with Crippen LogP contribution in [0.15, 0.2) is 0 Å². The van der Waals surface area contributed by atoms with Crippen LogP contribution in [0, 0.1) is 0 Å². The molecule has 0 atom stereocenters. The molecule has 0 amide bonds.